The van der Waals surface area contributed by atoms with Gasteiger partial charge in [0.05, 0.1) is 6.04 Å². The number of fused-ring (bicyclic) bond motifs is 1. The van der Waals surface area contributed by atoms with Crippen molar-refractivity contribution in [1.29, 1.82) is 0 Å². The monoisotopic (exact) mass is 406 g/mol. The highest BCUT2D eigenvalue weighted by Crippen LogP contribution is 2.21. The molecule has 0 saturated carbocycles. The molecule has 3 amide bonds. The molecule has 0 radical (unpaired) electrons. The molecule has 8 nitrogen and oxygen atoms in total. The SMILES string of the molecule is CCCC(NC(=O)NCc1ccc(N2CCCC2=O)cc1)c1nnc2ccccn12. The third-order valence-electron chi connectivity index (χ3n) is 5.31. The van der Waals surface area contributed by atoms with Crippen LogP contribution in [-0.2, 0) is 11.3 Å². The molecule has 156 valence electrons. The average Bonchev–Trinajstić information content (AvgIpc) is 3.38. The Morgan fingerprint density at radius 1 is 1.17 bits per heavy atom. The Hall–Kier alpha value is -3.42. The third kappa shape index (κ3) is 4.27. The summed E-state index contributed by atoms with van der Waals surface area (Å²) in [5.74, 6) is 0.894. The van der Waals surface area contributed by atoms with Crippen molar-refractivity contribution in [3.63, 3.8) is 0 Å². The van der Waals surface area contributed by atoms with Gasteiger partial charge in [0.15, 0.2) is 11.5 Å². The van der Waals surface area contributed by atoms with Crippen LogP contribution in [-0.4, -0.2) is 33.1 Å². The van der Waals surface area contributed by atoms with Crippen LogP contribution in [0.1, 0.15) is 50.0 Å². The fourth-order valence-corrected chi connectivity index (χ4v) is 3.76. The number of aromatic nitrogens is 3. The highest BCUT2D eigenvalue weighted by molar-refractivity contribution is 5.95. The Labute approximate surface area is 175 Å². The predicted octanol–water partition coefficient (Wildman–Crippen LogP) is 3.20. The van der Waals surface area contributed by atoms with Crippen LogP contribution < -0.4 is 15.5 Å². The number of hydrogen-bond donors (Lipinski definition) is 2. The van der Waals surface area contributed by atoms with Gasteiger partial charge in [0.25, 0.3) is 0 Å². The van der Waals surface area contributed by atoms with Crippen LogP contribution in [0.25, 0.3) is 5.65 Å². The Morgan fingerprint density at radius 3 is 2.73 bits per heavy atom. The quantitative estimate of drug-likeness (QED) is 0.630. The summed E-state index contributed by atoms with van der Waals surface area (Å²) in [6.45, 7) is 3.25. The van der Waals surface area contributed by atoms with E-state index < -0.39 is 0 Å². The number of carbonyl (C=O) groups is 2. The van der Waals surface area contributed by atoms with Crippen molar-refractivity contribution in [2.75, 3.05) is 11.4 Å². The summed E-state index contributed by atoms with van der Waals surface area (Å²) in [5.41, 5.74) is 2.64. The Balaban J connectivity index is 1.36. The topological polar surface area (TPSA) is 91.6 Å². The van der Waals surface area contributed by atoms with E-state index in [0.29, 0.717) is 13.0 Å². The zero-order chi connectivity index (χ0) is 20.9. The predicted molar refractivity (Wildman–Crippen MR) is 114 cm³/mol. The normalized spacial score (nSPS) is 14.8. The Morgan fingerprint density at radius 2 is 2.00 bits per heavy atom. The molecule has 3 heterocycles. The second-order valence-electron chi connectivity index (χ2n) is 7.47. The molecule has 1 unspecified atom stereocenters. The van der Waals surface area contributed by atoms with Gasteiger partial charge in [-0.15, -0.1) is 10.2 Å². The molecule has 1 fully saturated rings. The molecule has 3 aromatic rings. The van der Waals surface area contributed by atoms with Gasteiger partial charge in [-0.05, 0) is 42.7 Å². The molecule has 8 heteroatoms. The lowest BCUT2D eigenvalue weighted by molar-refractivity contribution is -0.117. The molecule has 30 heavy (non-hydrogen) atoms. The van der Waals surface area contributed by atoms with E-state index in [1.165, 1.54) is 0 Å². The summed E-state index contributed by atoms with van der Waals surface area (Å²) in [7, 11) is 0. The average molecular weight is 406 g/mol. The first-order valence-corrected chi connectivity index (χ1v) is 10.4. The largest absolute Gasteiger partial charge is 0.334 e. The van der Waals surface area contributed by atoms with Gasteiger partial charge >= 0.3 is 6.03 Å². The van der Waals surface area contributed by atoms with E-state index in [-0.39, 0.29) is 18.0 Å². The summed E-state index contributed by atoms with van der Waals surface area (Å²) < 4.78 is 1.90. The molecule has 2 N–H and O–H groups in total. The fourth-order valence-electron chi connectivity index (χ4n) is 3.76. The van der Waals surface area contributed by atoms with Gasteiger partial charge in [0, 0.05) is 31.4 Å². The molecule has 0 bridgehead atoms. The van der Waals surface area contributed by atoms with Crippen LogP contribution in [0.2, 0.25) is 0 Å². The molecule has 1 aliphatic rings. The maximum atomic E-state index is 12.5. The first-order chi connectivity index (χ1) is 14.7. The van der Waals surface area contributed by atoms with Crippen molar-refractivity contribution in [3.8, 4) is 0 Å². The van der Waals surface area contributed by atoms with Crippen molar-refractivity contribution in [1.82, 2.24) is 25.2 Å². The van der Waals surface area contributed by atoms with E-state index in [2.05, 4.69) is 27.8 Å². The van der Waals surface area contributed by atoms with Crippen molar-refractivity contribution < 1.29 is 9.59 Å². The van der Waals surface area contributed by atoms with Crippen molar-refractivity contribution >= 4 is 23.3 Å². The second-order valence-corrected chi connectivity index (χ2v) is 7.47. The van der Waals surface area contributed by atoms with E-state index in [0.717, 1.165) is 48.5 Å². The standard InChI is InChI=1S/C22H26N6O2/c1-2-6-18(21-26-25-19-7-3-4-13-28(19)21)24-22(30)23-15-16-9-11-17(12-10-16)27-14-5-8-20(27)29/h3-4,7,9-13,18H,2,5-6,8,14-15H2,1H3,(H2,23,24,30). The summed E-state index contributed by atoms with van der Waals surface area (Å²) in [6.07, 6.45) is 5.09. The number of rotatable bonds is 7. The minimum atomic E-state index is -0.250. The Kier molecular flexibility index (Phi) is 5.92. The van der Waals surface area contributed by atoms with Gasteiger partial charge in [0.1, 0.15) is 0 Å². The van der Waals surface area contributed by atoms with Crippen LogP contribution in [0.5, 0.6) is 0 Å². The number of nitrogens with zero attached hydrogens (tertiary/aromatic N) is 4. The zero-order valence-corrected chi connectivity index (χ0v) is 17.0. The van der Waals surface area contributed by atoms with Crippen LogP contribution >= 0.6 is 0 Å². The third-order valence-corrected chi connectivity index (χ3v) is 5.31. The number of amides is 3. The molecule has 4 rings (SSSR count). The highest BCUT2D eigenvalue weighted by atomic mass is 16.2. The summed E-state index contributed by atoms with van der Waals surface area (Å²) in [6, 6.07) is 13.0. The van der Waals surface area contributed by atoms with E-state index >= 15 is 0 Å². The van der Waals surface area contributed by atoms with Gasteiger partial charge < -0.3 is 15.5 Å². The summed E-state index contributed by atoms with van der Waals surface area (Å²) >= 11 is 0. The number of carbonyl (C=O) groups excluding carboxylic acids is 2. The van der Waals surface area contributed by atoms with Crippen molar-refractivity contribution in [2.45, 2.75) is 45.2 Å². The van der Waals surface area contributed by atoms with Gasteiger partial charge in [0.2, 0.25) is 5.91 Å². The van der Waals surface area contributed by atoms with E-state index in [1.54, 1.807) is 0 Å². The molecule has 1 aromatic carbocycles. The summed E-state index contributed by atoms with van der Waals surface area (Å²) in [4.78, 5) is 26.2. The molecular weight excluding hydrogens is 380 g/mol. The molecule has 0 spiro atoms. The lowest BCUT2D eigenvalue weighted by Crippen LogP contribution is -2.38. The number of benzene rings is 1. The molecule has 1 atom stereocenters. The summed E-state index contributed by atoms with van der Waals surface area (Å²) in [5, 5.41) is 14.4. The molecule has 1 aliphatic heterocycles. The van der Waals surface area contributed by atoms with Crippen LogP contribution in [0, 0.1) is 0 Å². The molecule has 1 saturated heterocycles. The molecular formula is C22H26N6O2. The highest BCUT2D eigenvalue weighted by Gasteiger charge is 2.22. The number of pyridine rings is 1. The number of nitrogens with one attached hydrogen (secondary N) is 2. The lowest BCUT2D eigenvalue weighted by Gasteiger charge is -2.18. The van der Waals surface area contributed by atoms with Gasteiger partial charge in [-0.2, -0.15) is 0 Å². The number of anilines is 1. The van der Waals surface area contributed by atoms with E-state index in [4.69, 9.17) is 0 Å². The fraction of sp³-hybridized carbons (Fsp3) is 0.364. The maximum absolute atomic E-state index is 12.5. The minimum Gasteiger partial charge on any atom is -0.334 e. The van der Waals surface area contributed by atoms with E-state index in [1.807, 2.05) is 58.0 Å². The Bertz CT molecular complexity index is 1030. The number of hydrogen-bond acceptors (Lipinski definition) is 4. The van der Waals surface area contributed by atoms with Crippen molar-refractivity contribution in [2.24, 2.45) is 0 Å². The van der Waals surface area contributed by atoms with Gasteiger partial charge in [-0.1, -0.05) is 31.5 Å². The lowest BCUT2D eigenvalue weighted by atomic mass is 10.1. The van der Waals surface area contributed by atoms with Crippen LogP contribution in [0.15, 0.2) is 48.7 Å². The minimum absolute atomic E-state index is 0.170. The zero-order valence-electron chi connectivity index (χ0n) is 17.0. The molecule has 0 aliphatic carbocycles. The molecule has 2 aromatic heterocycles. The number of urea groups is 1. The van der Waals surface area contributed by atoms with Gasteiger partial charge in [-0.25, -0.2) is 4.79 Å². The van der Waals surface area contributed by atoms with Crippen molar-refractivity contribution in [3.05, 3.63) is 60.0 Å². The second kappa shape index (κ2) is 8.94. The maximum Gasteiger partial charge on any atom is 0.315 e. The smallest absolute Gasteiger partial charge is 0.315 e. The first kappa shape index (κ1) is 19.9. The van der Waals surface area contributed by atoms with E-state index in [9.17, 15) is 9.59 Å². The first-order valence-electron chi connectivity index (χ1n) is 10.4. The van der Waals surface area contributed by atoms with Crippen LogP contribution in [0.4, 0.5) is 10.5 Å². The van der Waals surface area contributed by atoms with Gasteiger partial charge in [-0.3, -0.25) is 9.20 Å². The van der Waals surface area contributed by atoms with Crippen LogP contribution in [0.3, 0.4) is 0 Å².